The lowest BCUT2D eigenvalue weighted by atomic mass is 9.93. The van der Waals surface area contributed by atoms with Crippen molar-refractivity contribution in [3.05, 3.63) is 89.5 Å². The molecule has 4 nitrogen and oxygen atoms in total. The van der Waals surface area contributed by atoms with Crippen LogP contribution in [0.25, 0.3) is 5.57 Å². The molecule has 0 radical (unpaired) electrons. The molecule has 0 aliphatic heterocycles. The molecular weight excluding hydrogens is 326 g/mol. The SMILES string of the molecule is C=C(C)COCCOC(=O)C(C#N)=C(c1ccccc1)c1ccccc1. The van der Waals surface area contributed by atoms with Gasteiger partial charge in [-0.25, -0.2) is 4.79 Å². The number of nitrogens with zero attached hydrogens (tertiary/aromatic N) is 1. The number of esters is 1. The van der Waals surface area contributed by atoms with Gasteiger partial charge in [-0.15, -0.1) is 0 Å². The first kappa shape index (κ1) is 19.2. The molecule has 0 unspecified atom stereocenters. The van der Waals surface area contributed by atoms with E-state index in [-0.39, 0.29) is 18.8 Å². The Morgan fingerprint density at radius 1 is 1.00 bits per heavy atom. The summed E-state index contributed by atoms with van der Waals surface area (Å²) in [5.74, 6) is -0.658. The molecule has 2 aromatic rings. The summed E-state index contributed by atoms with van der Waals surface area (Å²) in [7, 11) is 0. The van der Waals surface area contributed by atoms with E-state index in [1.54, 1.807) is 0 Å². The maximum Gasteiger partial charge on any atom is 0.349 e. The van der Waals surface area contributed by atoms with Crippen LogP contribution >= 0.6 is 0 Å². The highest BCUT2D eigenvalue weighted by Crippen LogP contribution is 2.27. The van der Waals surface area contributed by atoms with Crippen LogP contribution in [0.5, 0.6) is 0 Å². The molecule has 0 atom stereocenters. The lowest BCUT2D eigenvalue weighted by molar-refractivity contribution is -0.139. The van der Waals surface area contributed by atoms with Gasteiger partial charge in [0.05, 0.1) is 13.2 Å². The summed E-state index contributed by atoms with van der Waals surface area (Å²) in [4.78, 5) is 12.5. The lowest BCUT2D eigenvalue weighted by Gasteiger charge is -2.12. The Morgan fingerprint density at radius 2 is 1.54 bits per heavy atom. The van der Waals surface area contributed by atoms with Crippen molar-refractivity contribution in [1.29, 1.82) is 5.26 Å². The Morgan fingerprint density at radius 3 is 2.00 bits per heavy atom. The Hall–Kier alpha value is -3.16. The molecule has 0 aromatic heterocycles. The summed E-state index contributed by atoms with van der Waals surface area (Å²) >= 11 is 0. The lowest BCUT2D eigenvalue weighted by Crippen LogP contribution is -2.14. The molecule has 2 rings (SSSR count). The minimum Gasteiger partial charge on any atom is -0.459 e. The van der Waals surface area contributed by atoms with E-state index in [9.17, 15) is 10.1 Å². The van der Waals surface area contributed by atoms with Gasteiger partial charge in [0.2, 0.25) is 0 Å². The van der Waals surface area contributed by atoms with Crippen LogP contribution in [0.2, 0.25) is 0 Å². The average molecular weight is 347 g/mol. The fourth-order valence-corrected chi connectivity index (χ4v) is 2.38. The van der Waals surface area contributed by atoms with Gasteiger partial charge >= 0.3 is 5.97 Å². The molecular formula is C22H21NO3. The molecule has 2 aromatic carbocycles. The van der Waals surface area contributed by atoms with Crippen LogP contribution in [0, 0.1) is 11.3 Å². The van der Waals surface area contributed by atoms with Crippen molar-refractivity contribution in [3.8, 4) is 6.07 Å². The average Bonchev–Trinajstić information content (AvgIpc) is 2.66. The predicted octanol–water partition coefficient (Wildman–Crippen LogP) is 4.15. The molecule has 0 saturated heterocycles. The Labute approximate surface area is 154 Å². The zero-order valence-corrected chi connectivity index (χ0v) is 14.8. The minimum atomic E-state index is -0.658. The summed E-state index contributed by atoms with van der Waals surface area (Å²) in [5.41, 5.74) is 2.99. The van der Waals surface area contributed by atoms with Gasteiger partial charge in [-0.2, -0.15) is 5.26 Å². The minimum absolute atomic E-state index is 0.0256. The fraction of sp³-hybridized carbons (Fsp3) is 0.182. The largest absolute Gasteiger partial charge is 0.459 e. The van der Waals surface area contributed by atoms with E-state index in [4.69, 9.17) is 9.47 Å². The highest BCUT2D eigenvalue weighted by molar-refractivity contribution is 6.05. The summed E-state index contributed by atoms with van der Waals surface area (Å²) in [5, 5.41) is 9.61. The molecule has 0 heterocycles. The van der Waals surface area contributed by atoms with Crippen molar-refractivity contribution in [3.63, 3.8) is 0 Å². The number of hydrogen-bond donors (Lipinski definition) is 0. The van der Waals surface area contributed by atoms with Crippen LogP contribution in [0.15, 0.2) is 78.4 Å². The van der Waals surface area contributed by atoms with Crippen LogP contribution in [-0.2, 0) is 14.3 Å². The molecule has 0 bridgehead atoms. The first-order valence-corrected chi connectivity index (χ1v) is 8.28. The summed E-state index contributed by atoms with van der Waals surface area (Å²) in [6.45, 7) is 6.34. The van der Waals surface area contributed by atoms with E-state index in [1.165, 1.54) is 0 Å². The van der Waals surface area contributed by atoms with Crippen LogP contribution in [0.3, 0.4) is 0 Å². The van der Waals surface area contributed by atoms with E-state index in [0.717, 1.165) is 16.7 Å². The van der Waals surface area contributed by atoms with Crippen LogP contribution in [0.4, 0.5) is 0 Å². The number of nitriles is 1. The van der Waals surface area contributed by atoms with Crippen molar-refractivity contribution < 1.29 is 14.3 Å². The van der Waals surface area contributed by atoms with Gasteiger partial charge in [0.25, 0.3) is 0 Å². The van der Waals surface area contributed by atoms with Crippen molar-refractivity contribution >= 4 is 11.5 Å². The van der Waals surface area contributed by atoms with Crippen LogP contribution < -0.4 is 0 Å². The van der Waals surface area contributed by atoms with Gasteiger partial charge in [-0.05, 0) is 18.1 Å². The molecule has 0 spiro atoms. The van der Waals surface area contributed by atoms with E-state index in [2.05, 4.69) is 6.58 Å². The van der Waals surface area contributed by atoms with Crippen molar-refractivity contribution in [1.82, 2.24) is 0 Å². The van der Waals surface area contributed by atoms with Crippen LogP contribution in [-0.4, -0.2) is 25.8 Å². The molecule has 132 valence electrons. The van der Waals surface area contributed by atoms with E-state index < -0.39 is 5.97 Å². The van der Waals surface area contributed by atoms with Crippen LogP contribution in [0.1, 0.15) is 18.1 Å². The standard InChI is InChI=1S/C22H21NO3/c1-17(2)16-25-13-14-26-22(24)20(15-23)21(18-9-5-3-6-10-18)19-11-7-4-8-12-19/h3-12H,1,13-14,16H2,2H3. The Balaban J connectivity index is 2.26. The maximum absolute atomic E-state index is 12.5. The Bertz CT molecular complexity index is 776. The highest BCUT2D eigenvalue weighted by atomic mass is 16.6. The van der Waals surface area contributed by atoms with Gasteiger partial charge in [-0.1, -0.05) is 72.8 Å². The number of carbonyl (C=O) groups is 1. The number of carbonyl (C=O) groups excluding carboxylic acids is 1. The fourth-order valence-electron chi connectivity index (χ4n) is 2.38. The van der Waals surface area contributed by atoms with Crippen molar-refractivity contribution in [2.75, 3.05) is 19.8 Å². The second-order valence-electron chi connectivity index (χ2n) is 5.74. The maximum atomic E-state index is 12.5. The predicted molar refractivity (Wildman–Crippen MR) is 101 cm³/mol. The van der Waals surface area contributed by atoms with E-state index in [1.807, 2.05) is 73.7 Å². The molecule has 4 heteroatoms. The normalized spacial score (nSPS) is 9.85. The van der Waals surface area contributed by atoms with Crippen molar-refractivity contribution in [2.45, 2.75) is 6.92 Å². The topological polar surface area (TPSA) is 59.3 Å². The molecule has 0 saturated carbocycles. The zero-order valence-electron chi connectivity index (χ0n) is 14.8. The second-order valence-corrected chi connectivity index (χ2v) is 5.74. The van der Waals surface area contributed by atoms with E-state index >= 15 is 0 Å². The van der Waals surface area contributed by atoms with Gasteiger partial charge in [0, 0.05) is 5.57 Å². The number of hydrogen-bond acceptors (Lipinski definition) is 4. The smallest absolute Gasteiger partial charge is 0.349 e. The number of benzene rings is 2. The highest BCUT2D eigenvalue weighted by Gasteiger charge is 2.19. The molecule has 0 fully saturated rings. The first-order valence-electron chi connectivity index (χ1n) is 8.28. The summed E-state index contributed by atoms with van der Waals surface area (Å²) in [6, 6.07) is 20.7. The van der Waals surface area contributed by atoms with Gasteiger partial charge < -0.3 is 9.47 Å². The molecule has 26 heavy (non-hydrogen) atoms. The van der Waals surface area contributed by atoms with Gasteiger partial charge in [-0.3, -0.25) is 0 Å². The quantitative estimate of drug-likeness (QED) is 0.237. The summed E-state index contributed by atoms with van der Waals surface area (Å²) in [6.07, 6.45) is 0. The monoisotopic (exact) mass is 347 g/mol. The Kier molecular flexibility index (Phi) is 7.35. The molecule has 0 amide bonds. The number of ether oxygens (including phenoxy) is 2. The zero-order chi connectivity index (χ0) is 18.8. The number of rotatable bonds is 8. The van der Waals surface area contributed by atoms with Crippen molar-refractivity contribution in [2.24, 2.45) is 0 Å². The van der Waals surface area contributed by atoms with E-state index in [0.29, 0.717) is 12.2 Å². The molecule has 0 aliphatic carbocycles. The third-order valence-corrected chi connectivity index (χ3v) is 3.50. The van der Waals surface area contributed by atoms with Gasteiger partial charge in [0.1, 0.15) is 18.2 Å². The molecule has 0 N–H and O–H groups in total. The first-order chi connectivity index (χ1) is 12.6. The third-order valence-electron chi connectivity index (χ3n) is 3.50. The second kappa shape index (κ2) is 9.97. The molecule has 0 aliphatic rings. The van der Waals surface area contributed by atoms with Gasteiger partial charge in [0.15, 0.2) is 0 Å². The summed E-state index contributed by atoms with van der Waals surface area (Å²) < 4.78 is 10.5. The third kappa shape index (κ3) is 5.44.